The fourth-order valence-electron chi connectivity index (χ4n) is 2.28. The van der Waals surface area contributed by atoms with Gasteiger partial charge in [-0.2, -0.15) is 0 Å². The van der Waals surface area contributed by atoms with E-state index >= 15 is 0 Å². The van der Waals surface area contributed by atoms with Crippen LogP contribution in [0, 0.1) is 0 Å². The van der Waals surface area contributed by atoms with Crippen LogP contribution in [-0.4, -0.2) is 21.9 Å². The number of rotatable bonds is 3. The fourth-order valence-corrected chi connectivity index (χ4v) is 3.46. The van der Waals surface area contributed by atoms with Gasteiger partial charge in [0.1, 0.15) is 0 Å². The van der Waals surface area contributed by atoms with E-state index in [1.807, 2.05) is 30.3 Å². The van der Waals surface area contributed by atoms with Crippen molar-refractivity contribution in [3.05, 3.63) is 70.7 Å². The summed E-state index contributed by atoms with van der Waals surface area (Å²) < 4.78 is 0. The molecule has 1 aliphatic heterocycles. The van der Waals surface area contributed by atoms with Gasteiger partial charge in [0.25, 0.3) is 5.91 Å². The summed E-state index contributed by atoms with van der Waals surface area (Å²) in [5.41, 5.74) is 4.01. The first-order valence-corrected chi connectivity index (χ1v) is 8.09. The summed E-state index contributed by atoms with van der Waals surface area (Å²) in [6, 6.07) is 16.2. The summed E-state index contributed by atoms with van der Waals surface area (Å²) in [5.74, 6) is 0.216. The third kappa shape index (κ3) is 2.96. The van der Waals surface area contributed by atoms with Crippen LogP contribution < -0.4 is 5.43 Å². The number of halogens is 1. The van der Waals surface area contributed by atoms with Gasteiger partial charge in [-0.15, -0.1) is 0 Å². The van der Waals surface area contributed by atoms with E-state index < -0.39 is 0 Å². The molecule has 0 saturated carbocycles. The Bertz CT molecular complexity index is 708. The molecule has 2 aromatic carbocycles. The first-order valence-electron chi connectivity index (χ1n) is 6.73. The molecule has 2 aromatic rings. The topological polar surface area (TPSA) is 49.4 Å². The van der Waals surface area contributed by atoms with E-state index in [2.05, 4.69) is 5.43 Å². The second kappa shape index (κ2) is 6.42. The average Bonchev–Trinajstić information content (AvgIpc) is 2.89. The lowest BCUT2D eigenvalue weighted by Gasteiger charge is -2.24. The minimum absolute atomic E-state index is 0.172. The average molecular weight is 333 g/mol. The van der Waals surface area contributed by atoms with Crippen LogP contribution in [0.4, 0.5) is 4.79 Å². The molecule has 2 amide bonds. The summed E-state index contributed by atoms with van der Waals surface area (Å²) in [7, 11) is 0. The Labute approximate surface area is 137 Å². The molecule has 1 aliphatic rings. The van der Waals surface area contributed by atoms with Crippen molar-refractivity contribution < 1.29 is 9.59 Å². The second-order valence-electron chi connectivity index (χ2n) is 4.79. The van der Waals surface area contributed by atoms with Gasteiger partial charge in [-0.1, -0.05) is 65.8 Å². The Kier molecular flexibility index (Phi) is 4.36. The maximum absolute atomic E-state index is 12.3. The number of carbonyl (C=O) groups is 2. The van der Waals surface area contributed by atoms with Gasteiger partial charge in [0, 0.05) is 5.75 Å². The van der Waals surface area contributed by atoms with Crippen molar-refractivity contribution >= 4 is 34.5 Å². The van der Waals surface area contributed by atoms with E-state index in [4.69, 9.17) is 11.6 Å². The van der Waals surface area contributed by atoms with Crippen LogP contribution in [0.3, 0.4) is 0 Å². The van der Waals surface area contributed by atoms with Crippen molar-refractivity contribution in [2.75, 3.05) is 5.75 Å². The quantitative estimate of drug-likeness (QED) is 0.927. The van der Waals surface area contributed by atoms with Gasteiger partial charge in [0.05, 0.1) is 16.6 Å². The number of nitrogens with zero attached hydrogens (tertiary/aromatic N) is 1. The Balaban J connectivity index is 1.82. The lowest BCUT2D eigenvalue weighted by atomic mass is 10.1. The highest BCUT2D eigenvalue weighted by Crippen LogP contribution is 2.33. The maximum Gasteiger partial charge on any atom is 0.300 e. The molecule has 1 fully saturated rings. The van der Waals surface area contributed by atoms with Crippen LogP contribution in [0.2, 0.25) is 5.02 Å². The van der Waals surface area contributed by atoms with E-state index in [1.54, 1.807) is 24.3 Å². The van der Waals surface area contributed by atoms with Gasteiger partial charge in [-0.3, -0.25) is 15.0 Å². The molecule has 1 atom stereocenters. The van der Waals surface area contributed by atoms with E-state index in [9.17, 15) is 9.59 Å². The number of benzene rings is 2. The van der Waals surface area contributed by atoms with Crippen LogP contribution in [0.25, 0.3) is 0 Å². The van der Waals surface area contributed by atoms with E-state index in [1.165, 1.54) is 16.8 Å². The molecule has 3 rings (SSSR count). The summed E-state index contributed by atoms with van der Waals surface area (Å²) in [6.07, 6.45) is 0. The minimum atomic E-state index is -0.387. The van der Waals surface area contributed by atoms with Gasteiger partial charge < -0.3 is 0 Å². The molecule has 0 aromatic heterocycles. The van der Waals surface area contributed by atoms with Crippen LogP contribution >= 0.6 is 23.4 Å². The SMILES string of the molecule is O=C(NN1C(=O)SCC1c1ccccc1)c1ccccc1Cl. The standard InChI is InChI=1S/C16H13ClN2O2S/c17-13-9-5-4-8-12(13)15(20)18-19-14(10-22-16(19)21)11-6-2-1-3-7-11/h1-9,14H,10H2,(H,18,20). The molecule has 22 heavy (non-hydrogen) atoms. The molecule has 0 bridgehead atoms. The second-order valence-corrected chi connectivity index (χ2v) is 6.17. The molecule has 6 heteroatoms. The third-order valence-electron chi connectivity index (χ3n) is 3.40. The first-order chi connectivity index (χ1) is 10.7. The number of nitrogens with one attached hydrogen (secondary N) is 1. The molecular weight excluding hydrogens is 320 g/mol. The van der Waals surface area contributed by atoms with Crippen molar-refractivity contribution in [3.63, 3.8) is 0 Å². The predicted octanol–water partition coefficient (Wildman–Crippen LogP) is 3.89. The van der Waals surface area contributed by atoms with Gasteiger partial charge in [0.2, 0.25) is 0 Å². The molecule has 0 aliphatic carbocycles. The zero-order chi connectivity index (χ0) is 15.5. The van der Waals surface area contributed by atoms with E-state index in [0.717, 1.165) is 5.56 Å². The van der Waals surface area contributed by atoms with Crippen LogP contribution in [0.15, 0.2) is 54.6 Å². The highest BCUT2D eigenvalue weighted by Gasteiger charge is 2.34. The summed E-state index contributed by atoms with van der Waals surface area (Å²) in [4.78, 5) is 24.4. The minimum Gasteiger partial charge on any atom is -0.267 e. The van der Waals surface area contributed by atoms with Crippen LogP contribution in [0.5, 0.6) is 0 Å². The highest BCUT2D eigenvalue weighted by molar-refractivity contribution is 8.13. The Hall–Kier alpha value is -1.98. The molecule has 0 radical (unpaired) electrons. The molecule has 1 N–H and O–H groups in total. The number of hydrazine groups is 1. The number of amides is 2. The largest absolute Gasteiger partial charge is 0.300 e. The van der Waals surface area contributed by atoms with Gasteiger partial charge in [-0.25, -0.2) is 5.01 Å². The number of hydrogen-bond donors (Lipinski definition) is 1. The first kappa shape index (κ1) is 14.9. The number of carbonyl (C=O) groups excluding carboxylic acids is 2. The van der Waals surface area contributed by atoms with Crippen LogP contribution in [0.1, 0.15) is 22.0 Å². The van der Waals surface area contributed by atoms with Crippen molar-refractivity contribution in [1.29, 1.82) is 0 Å². The highest BCUT2D eigenvalue weighted by atomic mass is 35.5. The monoisotopic (exact) mass is 332 g/mol. The zero-order valence-electron chi connectivity index (χ0n) is 11.5. The van der Waals surface area contributed by atoms with Crippen molar-refractivity contribution in [3.8, 4) is 0 Å². The molecule has 1 heterocycles. The molecule has 112 valence electrons. The number of thioether (sulfide) groups is 1. The normalized spacial score (nSPS) is 17.6. The van der Waals surface area contributed by atoms with Crippen molar-refractivity contribution in [2.24, 2.45) is 0 Å². The Morgan fingerprint density at radius 1 is 1.14 bits per heavy atom. The van der Waals surface area contributed by atoms with Gasteiger partial charge in [-0.05, 0) is 17.7 Å². The maximum atomic E-state index is 12.3. The van der Waals surface area contributed by atoms with E-state index in [-0.39, 0.29) is 17.2 Å². The van der Waals surface area contributed by atoms with Crippen molar-refractivity contribution in [2.45, 2.75) is 6.04 Å². The fraction of sp³-hybridized carbons (Fsp3) is 0.125. The summed E-state index contributed by atoms with van der Waals surface area (Å²) in [6.45, 7) is 0. The summed E-state index contributed by atoms with van der Waals surface area (Å²) >= 11 is 7.21. The molecule has 1 saturated heterocycles. The molecular formula is C16H13ClN2O2S. The van der Waals surface area contributed by atoms with Gasteiger partial charge in [0.15, 0.2) is 0 Å². The van der Waals surface area contributed by atoms with Crippen LogP contribution in [-0.2, 0) is 0 Å². The predicted molar refractivity (Wildman–Crippen MR) is 87.8 cm³/mol. The number of hydrogen-bond acceptors (Lipinski definition) is 3. The van der Waals surface area contributed by atoms with Crippen molar-refractivity contribution in [1.82, 2.24) is 10.4 Å². The lowest BCUT2D eigenvalue weighted by Crippen LogP contribution is -2.43. The molecule has 4 nitrogen and oxygen atoms in total. The molecule has 0 spiro atoms. The zero-order valence-corrected chi connectivity index (χ0v) is 13.1. The lowest BCUT2D eigenvalue weighted by molar-refractivity contribution is 0.0814. The Morgan fingerprint density at radius 3 is 2.55 bits per heavy atom. The summed E-state index contributed by atoms with van der Waals surface area (Å²) in [5, 5.41) is 1.57. The van der Waals surface area contributed by atoms with E-state index in [0.29, 0.717) is 16.3 Å². The Morgan fingerprint density at radius 2 is 1.82 bits per heavy atom. The smallest absolute Gasteiger partial charge is 0.267 e. The third-order valence-corrected chi connectivity index (χ3v) is 4.65. The van der Waals surface area contributed by atoms with Gasteiger partial charge >= 0.3 is 5.24 Å². The molecule has 1 unspecified atom stereocenters.